The molecule has 0 aromatic heterocycles. The standard InChI is InChI=1S/C16H13F4NOS/c1-9-2-4-10(5-3-9)23-7-6-13(22)21-16-14(19)11(17)8-12(18)15(16)20/h2-5,8H,6-7H2,1H3,(H,21,22). The van der Waals surface area contributed by atoms with Crippen LogP contribution in [0.3, 0.4) is 0 Å². The third-order valence-corrected chi connectivity index (χ3v) is 4.01. The van der Waals surface area contributed by atoms with E-state index in [0.29, 0.717) is 5.75 Å². The SMILES string of the molecule is Cc1ccc(SCCC(=O)Nc2c(F)c(F)cc(F)c2F)cc1. The van der Waals surface area contributed by atoms with Crippen LogP contribution in [0.4, 0.5) is 23.2 Å². The molecular weight excluding hydrogens is 330 g/mol. The Morgan fingerprint density at radius 2 is 1.61 bits per heavy atom. The topological polar surface area (TPSA) is 29.1 Å². The maximum absolute atomic E-state index is 13.4. The predicted molar refractivity (Wildman–Crippen MR) is 81.4 cm³/mol. The van der Waals surface area contributed by atoms with Gasteiger partial charge in [-0.25, -0.2) is 17.6 Å². The maximum atomic E-state index is 13.4. The summed E-state index contributed by atoms with van der Waals surface area (Å²) in [5.41, 5.74) is -0.000916. The minimum Gasteiger partial charge on any atom is -0.321 e. The van der Waals surface area contributed by atoms with Gasteiger partial charge in [0.05, 0.1) is 0 Å². The molecular formula is C16H13F4NOS. The van der Waals surface area contributed by atoms with Gasteiger partial charge in [0.1, 0.15) is 5.69 Å². The fourth-order valence-electron chi connectivity index (χ4n) is 1.78. The number of hydrogen-bond acceptors (Lipinski definition) is 2. The third-order valence-electron chi connectivity index (χ3n) is 3.00. The van der Waals surface area contributed by atoms with Gasteiger partial charge in [0.25, 0.3) is 0 Å². The molecule has 0 radical (unpaired) electrons. The van der Waals surface area contributed by atoms with Gasteiger partial charge in [-0.05, 0) is 19.1 Å². The number of thioether (sulfide) groups is 1. The molecule has 2 rings (SSSR count). The number of nitrogens with one attached hydrogen (secondary N) is 1. The first-order valence-corrected chi connectivity index (χ1v) is 7.69. The number of rotatable bonds is 5. The first-order valence-electron chi connectivity index (χ1n) is 6.71. The molecule has 0 aliphatic carbocycles. The van der Waals surface area contributed by atoms with E-state index in [1.165, 1.54) is 11.8 Å². The van der Waals surface area contributed by atoms with Crippen LogP contribution in [0.1, 0.15) is 12.0 Å². The average Bonchev–Trinajstić information content (AvgIpc) is 2.51. The minimum atomic E-state index is -1.62. The van der Waals surface area contributed by atoms with Gasteiger partial charge in [-0.2, -0.15) is 0 Å². The molecule has 0 atom stereocenters. The summed E-state index contributed by atoms with van der Waals surface area (Å²) in [5.74, 6) is -6.74. The Labute approximate surface area is 134 Å². The van der Waals surface area contributed by atoms with E-state index >= 15 is 0 Å². The van der Waals surface area contributed by atoms with Crippen molar-refractivity contribution in [2.75, 3.05) is 11.1 Å². The van der Waals surface area contributed by atoms with Crippen LogP contribution in [0.5, 0.6) is 0 Å². The van der Waals surface area contributed by atoms with Gasteiger partial charge >= 0.3 is 0 Å². The molecule has 0 saturated heterocycles. The highest BCUT2D eigenvalue weighted by atomic mass is 32.2. The Morgan fingerprint density at radius 1 is 1.04 bits per heavy atom. The van der Waals surface area contributed by atoms with Crippen molar-refractivity contribution < 1.29 is 22.4 Å². The van der Waals surface area contributed by atoms with Crippen molar-refractivity contribution in [2.24, 2.45) is 0 Å². The summed E-state index contributed by atoms with van der Waals surface area (Å²) >= 11 is 1.39. The fourth-order valence-corrected chi connectivity index (χ4v) is 2.63. The van der Waals surface area contributed by atoms with Gasteiger partial charge < -0.3 is 5.32 Å². The molecule has 1 amide bonds. The zero-order valence-corrected chi connectivity index (χ0v) is 12.9. The van der Waals surface area contributed by atoms with Crippen LogP contribution in [0, 0.1) is 30.2 Å². The second kappa shape index (κ2) is 7.50. The van der Waals surface area contributed by atoms with E-state index in [0.717, 1.165) is 10.5 Å². The molecule has 1 N–H and O–H groups in total. The zero-order valence-electron chi connectivity index (χ0n) is 12.1. The van der Waals surface area contributed by atoms with E-state index in [1.807, 2.05) is 36.5 Å². The van der Waals surface area contributed by atoms with E-state index in [1.54, 1.807) is 0 Å². The molecule has 0 heterocycles. The number of halogens is 4. The third kappa shape index (κ3) is 4.48. The van der Waals surface area contributed by atoms with E-state index in [-0.39, 0.29) is 12.5 Å². The summed E-state index contributed by atoms with van der Waals surface area (Å²) < 4.78 is 52.9. The Kier molecular flexibility index (Phi) is 5.65. The molecule has 0 unspecified atom stereocenters. The Morgan fingerprint density at radius 3 is 2.17 bits per heavy atom. The van der Waals surface area contributed by atoms with Crippen molar-refractivity contribution in [3.8, 4) is 0 Å². The van der Waals surface area contributed by atoms with Crippen molar-refractivity contribution in [2.45, 2.75) is 18.2 Å². The van der Waals surface area contributed by atoms with Crippen molar-refractivity contribution >= 4 is 23.4 Å². The number of carbonyl (C=O) groups is 1. The molecule has 0 spiro atoms. The Balaban J connectivity index is 1.94. The number of benzene rings is 2. The van der Waals surface area contributed by atoms with E-state index in [4.69, 9.17) is 0 Å². The van der Waals surface area contributed by atoms with Crippen molar-refractivity contribution in [3.05, 3.63) is 59.2 Å². The normalized spacial score (nSPS) is 10.7. The number of aryl methyl sites for hydroxylation is 1. The molecule has 122 valence electrons. The summed E-state index contributed by atoms with van der Waals surface area (Å²) in [6.07, 6.45) is -0.0600. The van der Waals surface area contributed by atoms with Crippen LogP contribution in [0.15, 0.2) is 35.2 Å². The summed E-state index contributed by atoms with van der Waals surface area (Å²) in [5, 5.41) is 1.87. The molecule has 0 aliphatic heterocycles. The molecule has 0 bridgehead atoms. The van der Waals surface area contributed by atoms with E-state index in [2.05, 4.69) is 0 Å². The van der Waals surface area contributed by atoms with Gasteiger partial charge in [-0.1, -0.05) is 17.7 Å². The van der Waals surface area contributed by atoms with Crippen molar-refractivity contribution in [1.82, 2.24) is 0 Å². The van der Waals surface area contributed by atoms with Crippen LogP contribution in [0.2, 0.25) is 0 Å². The van der Waals surface area contributed by atoms with Gasteiger partial charge in [0, 0.05) is 23.1 Å². The highest BCUT2D eigenvalue weighted by molar-refractivity contribution is 7.99. The predicted octanol–water partition coefficient (Wildman–Crippen LogP) is 4.67. The van der Waals surface area contributed by atoms with E-state index in [9.17, 15) is 22.4 Å². The maximum Gasteiger partial charge on any atom is 0.225 e. The van der Waals surface area contributed by atoms with Gasteiger partial charge in [0.15, 0.2) is 23.3 Å². The Hall–Kier alpha value is -2.02. The fraction of sp³-hybridized carbons (Fsp3) is 0.188. The monoisotopic (exact) mass is 343 g/mol. The number of hydrogen-bond donors (Lipinski definition) is 1. The average molecular weight is 343 g/mol. The quantitative estimate of drug-likeness (QED) is 0.485. The molecule has 7 heteroatoms. The summed E-state index contributed by atoms with van der Waals surface area (Å²) in [6, 6.07) is 7.71. The van der Waals surface area contributed by atoms with Crippen LogP contribution < -0.4 is 5.32 Å². The first-order chi connectivity index (χ1) is 10.9. The van der Waals surface area contributed by atoms with E-state index < -0.39 is 34.9 Å². The lowest BCUT2D eigenvalue weighted by Gasteiger charge is -2.09. The molecule has 0 saturated carbocycles. The van der Waals surface area contributed by atoms with Crippen molar-refractivity contribution in [3.63, 3.8) is 0 Å². The van der Waals surface area contributed by atoms with Gasteiger partial charge in [-0.3, -0.25) is 4.79 Å². The summed E-state index contributed by atoms with van der Waals surface area (Å²) in [7, 11) is 0. The lowest BCUT2D eigenvalue weighted by molar-refractivity contribution is -0.115. The number of anilines is 1. The highest BCUT2D eigenvalue weighted by Crippen LogP contribution is 2.25. The second-order valence-electron chi connectivity index (χ2n) is 4.80. The zero-order chi connectivity index (χ0) is 17.0. The lowest BCUT2D eigenvalue weighted by Crippen LogP contribution is -2.16. The molecule has 0 aliphatic rings. The smallest absolute Gasteiger partial charge is 0.225 e. The molecule has 2 aromatic rings. The number of amides is 1. The van der Waals surface area contributed by atoms with Crippen LogP contribution in [-0.2, 0) is 4.79 Å². The molecule has 2 aromatic carbocycles. The molecule has 0 fully saturated rings. The highest BCUT2D eigenvalue weighted by Gasteiger charge is 2.20. The minimum absolute atomic E-state index is 0.0600. The van der Waals surface area contributed by atoms with Crippen LogP contribution in [0.25, 0.3) is 0 Å². The van der Waals surface area contributed by atoms with Gasteiger partial charge in [0.2, 0.25) is 5.91 Å². The molecule has 23 heavy (non-hydrogen) atoms. The van der Waals surface area contributed by atoms with Crippen molar-refractivity contribution in [1.29, 1.82) is 0 Å². The van der Waals surface area contributed by atoms with Crippen LogP contribution >= 0.6 is 11.8 Å². The van der Waals surface area contributed by atoms with Gasteiger partial charge in [-0.15, -0.1) is 11.8 Å². The summed E-state index contributed by atoms with van der Waals surface area (Å²) in [6.45, 7) is 1.95. The van der Waals surface area contributed by atoms with Crippen LogP contribution in [-0.4, -0.2) is 11.7 Å². The Bertz CT molecular complexity index is 693. The largest absolute Gasteiger partial charge is 0.321 e. The second-order valence-corrected chi connectivity index (χ2v) is 5.97. The first kappa shape index (κ1) is 17.3. The number of carbonyl (C=O) groups excluding carboxylic acids is 1. The summed E-state index contributed by atoms with van der Waals surface area (Å²) in [4.78, 5) is 12.6. The molecule has 2 nitrogen and oxygen atoms in total. The lowest BCUT2D eigenvalue weighted by atomic mass is 10.2.